The van der Waals surface area contributed by atoms with Gasteiger partial charge in [0.25, 0.3) is 0 Å². The van der Waals surface area contributed by atoms with Gasteiger partial charge in [-0.1, -0.05) is 36.0 Å². The smallest absolute Gasteiger partial charge is 0.234 e. The molecule has 4 aromatic rings. The number of amides is 1. The average Bonchev–Trinajstić information content (AvgIpc) is 3.09. The van der Waals surface area contributed by atoms with Crippen LogP contribution in [0.1, 0.15) is 5.56 Å². The van der Waals surface area contributed by atoms with Crippen LogP contribution >= 0.6 is 11.8 Å². The summed E-state index contributed by atoms with van der Waals surface area (Å²) in [6.07, 6.45) is 0. The second-order valence-electron chi connectivity index (χ2n) is 6.09. The van der Waals surface area contributed by atoms with Gasteiger partial charge < -0.3 is 10.1 Å². The Bertz CT molecular complexity index is 1140. The molecule has 4 rings (SSSR count). The molecule has 0 aliphatic heterocycles. The third-order valence-electron chi connectivity index (χ3n) is 4.26. The molecule has 0 saturated heterocycles. The molecule has 1 amide bonds. The quantitative estimate of drug-likeness (QED) is 0.533. The number of carbonyl (C=O) groups is 1. The molecule has 7 heteroatoms. The van der Waals surface area contributed by atoms with Crippen molar-refractivity contribution in [3.05, 3.63) is 60.2 Å². The summed E-state index contributed by atoms with van der Waals surface area (Å²) >= 11 is 1.36. The summed E-state index contributed by atoms with van der Waals surface area (Å²) in [5.74, 6) is 0.826. The highest BCUT2D eigenvalue weighted by molar-refractivity contribution is 7.99. The molecule has 0 aliphatic carbocycles. The fourth-order valence-electron chi connectivity index (χ4n) is 3.00. The number of para-hydroxylation sites is 1. The monoisotopic (exact) mass is 378 g/mol. The predicted molar refractivity (Wildman–Crippen MR) is 108 cm³/mol. The topological polar surface area (TPSA) is 68.5 Å². The number of nitrogens with one attached hydrogen (secondary N) is 1. The average molecular weight is 378 g/mol. The minimum Gasteiger partial charge on any atom is -0.497 e. The van der Waals surface area contributed by atoms with E-state index in [1.54, 1.807) is 13.2 Å². The summed E-state index contributed by atoms with van der Waals surface area (Å²) in [5, 5.41) is 13.2. The predicted octanol–water partition coefficient (Wildman–Crippen LogP) is 3.93. The Labute approximate surface area is 160 Å². The van der Waals surface area contributed by atoms with Crippen LogP contribution in [0, 0.1) is 6.92 Å². The van der Waals surface area contributed by atoms with Gasteiger partial charge in [-0.2, -0.15) is 0 Å². The van der Waals surface area contributed by atoms with Crippen molar-refractivity contribution in [2.75, 3.05) is 18.2 Å². The normalized spacial score (nSPS) is 11.0. The van der Waals surface area contributed by atoms with E-state index in [0.29, 0.717) is 16.6 Å². The molecular weight excluding hydrogens is 360 g/mol. The van der Waals surface area contributed by atoms with E-state index in [0.717, 1.165) is 22.1 Å². The molecule has 2 heterocycles. The van der Waals surface area contributed by atoms with Crippen LogP contribution in [-0.2, 0) is 4.79 Å². The molecule has 6 nitrogen and oxygen atoms in total. The SMILES string of the molecule is COc1cccc(NC(=O)CSc2nnc3cc(C)c4ccccc4n23)c1. The number of methoxy groups -OCH3 is 1. The van der Waals surface area contributed by atoms with Crippen molar-refractivity contribution < 1.29 is 9.53 Å². The van der Waals surface area contributed by atoms with E-state index in [4.69, 9.17) is 4.74 Å². The van der Waals surface area contributed by atoms with Crippen LogP contribution < -0.4 is 10.1 Å². The number of ether oxygens (including phenoxy) is 1. The molecule has 27 heavy (non-hydrogen) atoms. The van der Waals surface area contributed by atoms with E-state index in [-0.39, 0.29) is 11.7 Å². The summed E-state index contributed by atoms with van der Waals surface area (Å²) in [6, 6.07) is 17.4. The molecular formula is C20H18N4O2S. The second kappa shape index (κ2) is 7.28. The Kier molecular flexibility index (Phi) is 4.68. The number of fused-ring (bicyclic) bond motifs is 3. The first-order valence-corrected chi connectivity index (χ1v) is 9.44. The molecule has 0 radical (unpaired) electrons. The highest BCUT2D eigenvalue weighted by Gasteiger charge is 2.13. The highest BCUT2D eigenvalue weighted by atomic mass is 32.2. The number of hydrogen-bond acceptors (Lipinski definition) is 5. The molecule has 136 valence electrons. The first kappa shape index (κ1) is 17.4. The van der Waals surface area contributed by atoms with E-state index in [1.807, 2.05) is 46.9 Å². The third-order valence-corrected chi connectivity index (χ3v) is 5.19. The number of carbonyl (C=O) groups excluding carboxylic acids is 1. The molecule has 0 unspecified atom stereocenters. The van der Waals surface area contributed by atoms with Crippen LogP contribution in [0.3, 0.4) is 0 Å². The van der Waals surface area contributed by atoms with Crippen molar-refractivity contribution >= 4 is 39.9 Å². The minimum absolute atomic E-state index is 0.110. The number of benzene rings is 2. The number of hydrogen-bond donors (Lipinski definition) is 1. The molecule has 0 fully saturated rings. The Morgan fingerprint density at radius 3 is 2.85 bits per heavy atom. The van der Waals surface area contributed by atoms with Crippen LogP contribution in [0.5, 0.6) is 5.75 Å². The molecule has 0 bridgehead atoms. The minimum atomic E-state index is -0.110. The molecule has 2 aromatic heterocycles. The van der Waals surface area contributed by atoms with Gasteiger partial charge in [0.2, 0.25) is 5.91 Å². The maximum Gasteiger partial charge on any atom is 0.234 e. The van der Waals surface area contributed by atoms with E-state index < -0.39 is 0 Å². The number of rotatable bonds is 5. The largest absolute Gasteiger partial charge is 0.497 e. The fraction of sp³-hybridized carbons (Fsp3) is 0.150. The van der Waals surface area contributed by atoms with Gasteiger partial charge in [0, 0.05) is 17.1 Å². The number of nitrogens with zero attached hydrogens (tertiary/aromatic N) is 3. The fourth-order valence-corrected chi connectivity index (χ4v) is 3.75. The Balaban J connectivity index is 1.55. The van der Waals surface area contributed by atoms with Gasteiger partial charge >= 0.3 is 0 Å². The van der Waals surface area contributed by atoms with Gasteiger partial charge in [0.05, 0.1) is 18.4 Å². The lowest BCUT2D eigenvalue weighted by molar-refractivity contribution is -0.113. The van der Waals surface area contributed by atoms with E-state index in [9.17, 15) is 4.79 Å². The maximum atomic E-state index is 12.3. The Morgan fingerprint density at radius 2 is 2.00 bits per heavy atom. The first-order valence-electron chi connectivity index (χ1n) is 8.46. The van der Waals surface area contributed by atoms with Crippen molar-refractivity contribution in [2.24, 2.45) is 0 Å². The van der Waals surface area contributed by atoms with Gasteiger partial charge in [0.1, 0.15) is 5.75 Å². The lowest BCUT2D eigenvalue weighted by Crippen LogP contribution is -2.14. The van der Waals surface area contributed by atoms with Crippen LogP contribution in [0.15, 0.2) is 59.8 Å². The van der Waals surface area contributed by atoms with Crippen molar-refractivity contribution in [1.82, 2.24) is 14.6 Å². The zero-order valence-electron chi connectivity index (χ0n) is 15.0. The number of aryl methyl sites for hydroxylation is 1. The summed E-state index contributed by atoms with van der Waals surface area (Å²) in [6.45, 7) is 2.06. The standard InChI is InChI=1S/C20H18N4O2S/c1-13-10-18-22-23-20(24(18)17-9-4-3-8-16(13)17)27-12-19(25)21-14-6-5-7-15(11-14)26-2/h3-11H,12H2,1-2H3,(H,21,25). The molecule has 0 spiro atoms. The lowest BCUT2D eigenvalue weighted by atomic mass is 10.1. The maximum absolute atomic E-state index is 12.3. The Hall–Kier alpha value is -3.06. The van der Waals surface area contributed by atoms with Crippen molar-refractivity contribution in [1.29, 1.82) is 0 Å². The number of aromatic nitrogens is 3. The number of anilines is 1. The van der Waals surface area contributed by atoms with Crippen LogP contribution in [-0.4, -0.2) is 33.4 Å². The van der Waals surface area contributed by atoms with Gasteiger partial charge in [-0.3, -0.25) is 9.20 Å². The first-order chi connectivity index (χ1) is 13.2. The zero-order valence-corrected chi connectivity index (χ0v) is 15.8. The van der Waals surface area contributed by atoms with Crippen molar-refractivity contribution in [3.8, 4) is 5.75 Å². The number of thioether (sulfide) groups is 1. The van der Waals surface area contributed by atoms with Crippen LogP contribution in [0.4, 0.5) is 5.69 Å². The summed E-state index contributed by atoms with van der Waals surface area (Å²) in [5.41, 5.74) is 3.67. The van der Waals surface area contributed by atoms with E-state index >= 15 is 0 Å². The third kappa shape index (κ3) is 3.46. The van der Waals surface area contributed by atoms with E-state index in [2.05, 4.69) is 28.5 Å². The van der Waals surface area contributed by atoms with Gasteiger partial charge in [-0.15, -0.1) is 10.2 Å². The van der Waals surface area contributed by atoms with E-state index in [1.165, 1.54) is 11.8 Å². The molecule has 2 aromatic carbocycles. The summed E-state index contributed by atoms with van der Waals surface area (Å²) < 4.78 is 7.17. The van der Waals surface area contributed by atoms with Gasteiger partial charge in [-0.25, -0.2) is 0 Å². The molecule has 0 atom stereocenters. The Morgan fingerprint density at radius 1 is 1.15 bits per heavy atom. The van der Waals surface area contributed by atoms with Crippen molar-refractivity contribution in [3.63, 3.8) is 0 Å². The zero-order chi connectivity index (χ0) is 18.8. The van der Waals surface area contributed by atoms with Crippen LogP contribution in [0.2, 0.25) is 0 Å². The number of pyridine rings is 1. The molecule has 1 N–H and O–H groups in total. The van der Waals surface area contributed by atoms with Crippen molar-refractivity contribution in [2.45, 2.75) is 12.1 Å². The summed E-state index contributed by atoms with van der Waals surface area (Å²) in [7, 11) is 1.60. The highest BCUT2D eigenvalue weighted by Crippen LogP contribution is 2.26. The van der Waals surface area contributed by atoms with Gasteiger partial charge in [0.15, 0.2) is 10.8 Å². The summed E-state index contributed by atoms with van der Waals surface area (Å²) in [4.78, 5) is 12.3. The molecule has 0 saturated carbocycles. The second-order valence-corrected chi connectivity index (χ2v) is 7.03. The van der Waals surface area contributed by atoms with Gasteiger partial charge in [-0.05, 0) is 36.8 Å². The lowest BCUT2D eigenvalue weighted by Gasteiger charge is -2.08. The molecule has 0 aliphatic rings. The van der Waals surface area contributed by atoms with Crippen LogP contribution in [0.25, 0.3) is 16.6 Å².